The maximum absolute atomic E-state index is 5.62. The third-order valence-corrected chi connectivity index (χ3v) is 3.13. The van der Waals surface area contributed by atoms with Gasteiger partial charge in [0.2, 0.25) is 0 Å². The van der Waals surface area contributed by atoms with Gasteiger partial charge >= 0.3 is 0 Å². The van der Waals surface area contributed by atoms with E-state index in [2.05, 4.69) is 28.9 Å². The maximum Gasteiger partial charge on any atom is 0.128 e. The molecule has 1 aliphatic heterocycles. The quantitative estimate of drug-likeness (QED) is 0.847. The number of aromatic nitrogens is 1. The minimum absolute atomic E-state index is 0.519. The molecule has 1 aliphatic rings. The molecule has 2 heterocycles. The highest BCUT2D eigenvalue weighted by Crippen LogP contribution is 2.14. The Morgan fingerprint density at radius 2 is 2.18 bits per heavy atom. The molecule has 0 bridgehead atoms. The molecular weight excluding hydrogens is 214 g/mol. The van der Waals surface area contributed by atoms with Gasteiger partial charge in [0, 0.05) is 19.3 Å². The van der Waals surface area contributed by atoms with Crippen molar-refractivity contribution in [1.29, 1.82) is 0 Å². The van der Waals surface area contributed by atoms with Crippen LogP contribution in [-0.2, 0) is 11.2 Å². The predicted molar refractivity (Wildman–Crippen MR) is 69.2 cm³/mol. The maximum atomic E-state index is 5.62. The topological polar surface area (TPSA) is 51.4 Å². The Hall–Kier alpha value is -1.13. The Balaban J connectivity index is 1.97. The molecule has 4 heteroatoms. The number of hydrogen-bond donors (Lipinski definition) is 1. The fourth-order valence-electron chi connectivity index (χ4n) is 2.00. The van der Waals surface area contributed by atoms with Gasteiger partial charge in [-0.2, -0.15) is 0 Å². The summed E-state index contributed by atoms with van der Waals surface area (Å²) in [6, 6.07) is 4.26. The highest BCUT2D eigenvalue weighted by molar-refractivity contribution is 5.39. The normalized spacial score (nSPS) is 18.1. The molecule has 17 heavy (non-hydrogen) atoms. The van der Waals surface area contributed by atoms with Gasteiger partial charge in [-0.25, -0.2) is 4.98 Å². The Labute approximate surface area is 103 Å². The predicted octanol–water partition coefficient (Wildman–Crippen LogP) is 1.06. The summed E-state index contributed by atoms with van der Waals surface area (Å²) in [7, 11) is 0. The molecule has 0 spiro atoms. The molecule has 2 N–H and O–H groups in total. The molecule has 0 saturated carbocycles. The van der Waals surface area contributed by atoms with E-state index in [1.807, 2.05) is 6.20 Å². The summed E-state index contributed by atoms with van der Waals surface area (Å²) in [5.74, 6) is 1.57. The van der Waals surface area contributed by atoms with Crippen LogP contribution in [0, 0.1) is 5.92 Å². The van der Waals surface area contributed by atoms with Gasteiger partial charge < -0.3 is 15.4 Å². The van der Waals surface area contributed by atoms with Gasteiger partial charge in [0.25, 0.3) is 0 Å². The Morgan fingerprint density at radius 3 is 2.76 bits per heavy atom. The van der Waals surface area contributed by atoms with Gasteiger partial charge in [-0.1, -0.05) is 13.0 Å². The monoisotopic (exact) mass is 235 g/mol. The summed E-state index contributed by atoms with van der Waals surface area (Å²) >= 11 is 0. The molecule has 4 nitrogen and oxygen atoms in total. The van der Waals surface area contributed by atoms with E-state index in [9.17, 15) is 0 Å². The van der Waals surface area contributed by atoms with E-state index in [0.29, 0.717) is 5.92 Å². The zero-order valence-electron chi connectivity index (χ0n) is 10.4. The van der Waals surface area contributed by atoms with Crippen LogP contribution >= 0.6 is 0 Å². The first kappa shape index (κ1) is 12.3. The van der Waals surface area contributed by atoms with Crippen LogP contribution in [-0.4, -0.2) is 37.8 Å². The lowest BCUT2D eigenvalue weighted by atomic mass is 10.0. The van der Waals surface area contributed by atoms with Crippen molar-refractivity contribution in [3.8, 4) is 0 Å². The lowest BCUT2D eigenvalue weighted by Crippen LogP contribution is -2.36. The van der Waals surface area contributed by atoms with E-state index in [-0.39, 0.29) is 0 Å². The summed E-state index contributed by atoms with van der Waals surface area (Å²) < 4.78 is 5.33. The lowest BCUT2D eigenvalue weighted by molar-refractivity contribution is 0.122. The smallest absolute Gasteiger partial charge is 0.128 e. The summed E-state index contributed by atoms with van der Waals surface area (Å²) in [4.78, 5) is 6.78. The van der Waals surface area contributed by atoms with Crippen molar-refractivity contribution < 1.29 is 4.74 Å². The molecule has 1 atom stereocenters. The molecule has 1 saturated heterocycles. The molecule has 94 valence electrons. The number of hydrogen-bond acceptors (Lipinski definition) is 4. The van der Waals surface area contributed by atoms with Crippen LogP contribution in [0.15, 0.2) is 18.3 Å². The molecule has 1 fully saturated rings. The first-order valence-corrected chi connectivity index (χ1v) is 6.27. The highest BCUT2D eigenvalue weighted by atomic mass is 16.5. The number of nitrogens with two attached hydrogens (primary N) is 1. The van der Waals surface area contributed by atoms with E-state index in [0.717, 1.165) is 45.1 Å². The van der Waals surface area contributed by atoms with Crippen molar-refractivity contribution in [1.82, 2.24) is 4.98 Å². The Bertz CT molecular complexity index is 333. The van der Waals surface area contributed by atoms with Crippen LogP contribution in [0.2, 0.25) is 0 Å². The molecule has 1 aromatic heterocycles. The second kappa shape index (κ2) is 5.98. The molecule has 0 aliphatic carbocycles. The van der Waals surface area contributed by atoms with E-state index < -0.39 is 0 Å². The van der Waals surface area contributed by atoms with Crippen molar-refractivity contribution in [3.05, 3.63) is 23.9 Å². The number of morpholine rings is 1. The Morgan fingerprint density at radius 1 is 1.41 bits per heavy atom. The van der Waals surface area contributed by atoms with Crippen LogP contribution in [0.3, 0.4) is 0 Å². The molecular formula is C13H21N3O. The van der Waals surface area contributed by atoms with E-state index >= 15 is 0 Å². The second-order valence-electron chi connectivity index (χ2n) is 4.67. The van der Waals surface area contributed by atoms with Crippen LogP contribution < -0.4 is 10.6 Å². The molecule has 0 radical (unpaired) electrons. The minimum Gasteiger partial charge on any atom is -0.378 e. The average molecular weight is 235 g/mol. The summed E-state index contributed by atoms with van der Waals surface area (Å²) in [5, 5.41) is 0. The van der Waals surface area contributed by atoms with Crippen LogP contribution in [0.1, 0.15) is 12.5 Å². The zero-order chi connectivity index (χ0) is 12.1. The van der Waals surface area contributed by atoms with Gasteiger partial charge in [0.1, 0.15) is 5.82 Å². The third kappa shape index (κ3) is 3.41. The van der Waals surface area contributed by atoms with Crippen molar-refractivity contribution in [3.63, 3.8) is 0 Å². The number of ether oxygens (including phenoxy) is 1. The average Bonchev–Trinajstić information content (AvgIpc) is 2.40. The SMILES string of the molecule is CC(CN)Cc1ccc(N2CCOCC2)nc1. The highest BCUT2D eigenvalue weighted by Gasteiger charge is 2.12. The van der Waals surface area contributed by atoms with Crippen molar-refractivity contribution >= 4 is 5.82 Å². The van der Waals surface area contributed by atoms with E-state index in [1.165, 1.54) is 5.56 Å². The van der Waals surface area contributed by atoms with Crippen molar-refractivity contribution in [2.24, 2.45) is 11.7 Å². The first-order valence-electron chi connectivity index (χ1n) is 6.27. The number of rotatable bonds is 4. The molecule has 1 unspecified atom stereocenters. The molecule has 2 rings (SSSR count). The molecule has 0 amide bonds. The number of anilines is 1. The van der Waals surface area contributed by atoms with Gasteiger partial charge in [-0.3, -0.25) is 0 Å². The van der Waals surface area contributed by atoms with Crippen LogP contribution in [0.4, 0.5) is 5.82 Å². The van der Waals surface area contributed by atoms with Gasteiger partial charge in [0.05, 0.1) is 13.2 Å². The Kier molecular flexibility index (Phi) is 4.34. The summed E-state index contributed by atoms with van der Waals surface area (Å²) in [6.45, 7) is 6.36. The number of nitrogens with zero attached hydrogens (tertiary/aromatic N) is 2. The molecule has 1 aromatic rings. The third-order valence-electron chi connectivity index (χ3n) is 3.13. The minimum atomic E-state index is 0.519. The largest absolute Gasteiger partial charge is 0.378 e. The standard InChI is InChI=1S/C13H21N3O/c1-11(9-14)8-12-2-3-13(15-10-12)16-4-6-17-7-5-16/h2-3,10-11H,4-9,14H2,1H3. The van der Waals surface area contributed by atoms with E-state index in [1.54, 1.807) is 0 Å². The van der Waals surface area contributed by atoms with Gasteiger partial charge in [-0.15, -0.1) is 0 Å². The van der Waals surface area contributed by atoms with Gasteiger partial charge in [0.15, 0.2) is 0 Å². The fraction of sp³-hybridized carbons (Fsp3) is 0.615. The van der Waals surface area contributed by atoms with Crippen LogP contribution in [0.5, 0.6) is 0 Å². The molecule has 0 aromatic carbocycles. The fourth-order valence-corrected chi connectivity index (χ4v) is 2.00. The lowest BCUT2D eigenvalue weighted by Gasteiger charge is -2.27. The van der Waals surface area contributed by atoms with E-state index in [4.69, 9.17) is 10.5 Å². The van der Waals surface area contributed by atoms with Gasteiger partial charge in [-0.05, 0) is 30.5 Å². The summed E-state index contributed by atoms with van der Waals surface area (Å²) in [5.41, 5.74) is 6.89. The van der Waals surface area contributed by atoms with Crippen molar-refractivity contribution in [2.75, 3.05) is 37.7 Å². The van der Waals surface area contributed by atoms with Crippen molar-refractivity contribution in [2.45, 2.75) is 13.3 Å². The van der Waals surface area contributed by atoms with Crippen LogP contribution in [0.25, 0.3) is 0 Å². The second-order valence-corrected chi connectivity index (χ2v) is 4.67. The number of pyridine rings is 1. The summed E-state index contributed by atoms with van der Waals surface area (Å²) in [6.07, 6.45) is 2.98. The first-order chi connectivity index (χ1) is 8.29. The zero-order valence-corrected chi connectivity index (χ0v) is 10.4.